The fourth-order valence-corrected chi connectivity index (χ4v) is 5.14. The van der Waals surface area contributed by atoms with Crippen LogP contribution in [-0.2, 0) is 9.47 Å². The summed E-state index contributed by atoms with van der Waals surface area (Å²) >= 11 is 0. The molecule has 1 atom stereocenters. The molecule has 1 amide bonds. The Kier molecular flexibility index (Phi) is 32.0. The van der Waals surface area contributed by atoms with Crippen molar-refractivity contribution in [1.29, 1.82) is 0 Å². The topological polar surface area (TPSA) is 79.2 Å². The number of rotatable bonds is 32. The zero-order chi connectivity index (χ0) is 29.4. The van der Waals surface area contributed by atoms with Crippen LogP contribution in [0.15, 0.2) is 0 Å². The van der Waals surface area contributed by atoms with Gasteiger partial charge in [-0.15, -0.1) is 0 Å². The van der Waals surface area contributed by atoms with Gasteiger partial charge in [0.15, 0.2) is 0 Å². The number of aliphatic hydroxyl groups is 2. The van der Waals surface area contributed by atoms with Crippen molar-refractivity contribution < 1.29 is 24.5 Å². The first-order valence-electron chi connectivity index (χ1n) is 17.4. The first-order chi connectivity index (χ1) is 19.7. The average molecular weight is 572 g/mol. The molecule has 0 aliphatic heterocycles. The number of hydrogen-bond acceptors (Lipinski definition) is 5. The van der Waals surface area contributed by atoms with Crippen molar-refractivity contribution in [2.75, 3.05) is 39.5 Å². The van der Waals surface area contributed by atoms with E-state index < -0.39 is 12.2 Å². The van der Waals surface area contributed by atoms with E-state index in [1.54, 1.807) is 0 Å². The summed E-state index contributed by atoms with van der Waals surface area (Å²) < 4.78 is 11.0. The predicted molar refractivity (Wildman–Crippen MR) is 169 cm³/mol. The van der Waals surface area contributed by atoms with E-state index in [0.29, 0.717) is 13.2 Å². The van der Waals surface area contributed by atoms with E-state index >= 15 is 0 Å². The van der Waals surface area contributed by atoms with Crippen molar-refractivity contribution in [2.45, 2.75) is 174 Å². The van der Waals surface area contributed by atoms with E-state index in [9.17, 15) is 15.0 Å². The standard InChI is InChI=1S/C34H69NO5/c1-3-5-7-9-11-13-15-16-17-18-19-21-23-25-29-39-32-33(37)31-35(27-28-36)34(38)40-30-26-24-22-20-14-12-10-8-6-4-2/h33,36-37H,3-32H2,1-2H3. The minimum absolute atomic E-state index is 0.121. The molecule has 1 unspecified atom stereocenters. The minimum Gasteiger partial charge on any atom is -0.449 e. The fourth-order valence-electron chi connectivity index (χ4n) is 5.14. The fraction of sp³-hybridized carbons (Fsp3) is 0.971. The van der Waals surface area contributed by atoms with Gasteiger partial charge < -0.3 is 24.6 Å². The van der Waals surface area contributed by atoms with Crippen molar-refractivity contribution in [3.8, 4) is 0 Å². The van der Waals surface area contributed by atoms with Crippen molar-refractivity contribution in [3.63, 3.8) is 0 Å². The van der Waals surface area contributed by atoms with Gasteiger partial charge in [-0.2, -0.15) is 0 Å². The zero-order valence-corrected chi connectivity index (χ0v) is 26.9. The lowest BCUT2D eigenvalue weighted by Crippen LogP contribution is -2.41. The van der Waals surface area contributed by atoms with Gasteiger partial charge in [0.2, 0.25) is 0 Å². The minimum atomic E-state index is -0.775. The van der Waals surface area contributed by atoms with Crippen LogP contribution in [0.3, 0.4) is 0 Å². The summed E-state index contributed by atoms with van der Waals surface area (Å²) in [5.41, 5.74) is 0. The highest BCUT2D eigenvalue weighted by Gasteiger charge is 2.18. The lowest BCUT2D eigenvalue weighted by molar-refractivity contribution is 0.0103. The van der Waals surface area contributed by atoms with Gasteiger partial charge in [-0.25, -0.2) is 4.79 Å². The van der Waals surface area contributed by atoms with Crippen molar-refractivity contribution >= 4 is 6.09 Å². The van der Waals surface area contributed by atoms with E-state index in [-0.39, 0.29) is 26.3 Å². The highest BCUT2D eigenvalue weighted by molar-refractivity contribution is 5.67. The van der Waals surface area contributed by atoms with Gasteiger partial charge in [-0.05, 0) is 12.8 Å². The molecule has 0 heterocycles. The molecule has 0 aromatic rings. The number of carbonyl (C=O) groups is 1. The lowest BCUT2D eigenvalue weighted by atomic mass is 10.0. The van der Waals surface area contributed by atoms with Crippen molar-refractivity contribution in [2.24, 2.45) is 0 Å². The average Bonchev–Trinajstić information content (AvgIpc) is 2.95. The van der Waals surface area contributed by atoms with Crippen LogP contribution in [0.5, 0.6) is 0 Å². The summed E-state index contributed by atoms with van der Waals surface area (Å²) in [7, 11) is 0. The second-order valence-corrected chi connectivity index (χ2v) is 11.8. The monoisotopic (exact) mass is 572 g/mol. The predicted octanol–water partition coefficient (Wildman–Crippen LogP) is 9.20. The molecule has 6 nitrogen and oxygen atoms in total. The molecular weight excluding hydrogens is 502 g/mol. The molecule has 2 N–H and O–H groups in total. The first-order valence-corrected chi connectivity index (χ1v) is 17.4. The summed E-state index contributed by atoms with van der Waals surface area (Å²) in [6.07, 6.45) is 29.7. The molecular formula is C34H69NO5. The first kappa shape index (κ1) is 39.1. The highest BCUT2D eigenvalue weighted by atomic mass is 16.6. The number of nitrogens with zero attached hydrogens (tertiary/aromatic N) is 1. The molecule has 0 aliphatic rings. The summed E-state index contributed by atoms with van der Waals surface area (Å²) in [5.74, 6) is 0. The van der Waals surface area contributed by atoms with Gasteiger partial charge in [0.1, 0.15) is 0 Å². The molecule has 0 aliphatic carbocycles. The second-order valence-electron chi connectivity index (χ2n) is 11.8. The van der Waals surface area contributed by atoms with Crippen LogP contribution in [0.25, 0.3) is 0 Å². The molecule has 0 aromatic heterocycles. The zero-order valence-electron chi connectivity index (χ0n) is 26.9. The van der Waals surface area contributed by atoms with E-state index in [4.69, 9.17) is 9.47 Å². The third-order valence-electron chi connectivity index (χ3n) is 7.74. The van der Waals surface area contributed by atoms with E-state index in [1.165, 1.54) is 133 Å². The molecule has 0 rings (SSSR count). The Morgan fingerprint density at radius 3 is 1.38 bits per heavy atom. The van der Waals surface area contributed by atoms with Gasteiger partial charge in [0.05, 0.1) is 32.5 Å². The van der Waals surface area contributed by atoms with Crippen LogP contribution in [0.2, 0.25) is 0 Å². The number of carbonyl (C=O) groups excluding carboxylic acids is 1. The smallest absolute Gasteiger partial charge is 0.409 e. The molecule has 0 saturated heterocycles. The Balaban J connectivity index is 3.63. The van der Waals surface area contributed by atoms with E-state index in [1.807, 2.05) is 0 Å². The number of ether oxygens (including phenoxy) is 2. The van der Waals surface area contributed by atoms with Gasteiger partial charge in [0, 0.05) is 13.2 Å². The highest BCUT2D eigenvalue weighted by Crippen LogP contribution is 2.13. The van der Waals surface area contributed by atoms with Crippen LogP contribution in [0.4, 0.5) is 4.79 Å². The van der Waals surface area contributed by atoms with Crippen LogP contribution >= 0.6 is 0 Å². The SMILES string of the molecule is CCCCCCCCCCCCCCCCOCC(O)CN(CCO)C(=O)OCCCCCCCCCCCC. The molecule has 0 fully saturated rings. The van der Waals surface area contributed by atoms with Gasteiger partial charge in [-0.3, -0.25) is 0 Å². The molecule has 40 heavy (non-hydrogen) atoms. The lowest BCUT2D eigenvalue weighted by Gasteiger charge is -2.24. The Bertz CT molecular complexity index is 505. The number of amides is 1. The summed E-state index contributed by atoms with van der Waals surface area (Å²) in [4.78, 5) is 13.8. The summed E-state index contributed by atoms with van der Waals surface area (Å²) in [6, 6.07) is 0. The molecule has 6 heteroatoms. The number of hydrogen-bond donors (Lipinski definition) is 2. The van der Waals surface area contributed by atoms with Crippen LogP contribution in [-0.4, -0.2) is 66.8 Å². The quantitative estimate of drug-likeness (QED) is 0.0787. The van der Waals surface area contributed by atoms with E-state index in [2.05, 4.69) is 13.8 Å². The molecule has 0 aromatic carbocycles. The molecule has 0 radical (unpaired) electrons. The maximum Gasteiger partial charge on any atom is 0.409 e. The van der Waals surface area contributed by atoms with Crippen molar-refractivity contribution in [1.82, 2.24) is 4.90 Å². The van der Waals surface area contributed by atoms with Gasteiger partial charge in [-0.1, -0.05) is 155 Å². The molecule has 0 bridgehead atoms. The van der Waals surface area contributed by atoms with Gasteiger partial charge in [0.25, 0.3) is 0 Å². The third kappa shape index (κ3) is 28.7. The van der Waals surface area contributed by atoms with Gasteiger partial charge >= 0.3 is 6.09 Å². The van der Waals surface area contributed by atoms with Crippen LogP contribution in [0.1, 0.15) is 168 Å². The molecule has 0 spiro atoms. The maximum atomic E-state index is 12.4. The van der Waals surface area contributed by atoms with Crippen LogP contribution in [0, 0.1) is 0 Å². The van der Waals surface area contributed by atoms with Crippen molar-refractivity contribution in [3.05, 3.63) is 0 Å². The Hall–Kier alpha value is -0.850. The normalized spacial score (nSPS) is 12.1. The Morgan fingerprint density at radius 1 is 0.600 bits per heavy atom. The molecule has 240 valence electrons. The Morgan fingerprint density at radius 2 is 0.975 bits per heavy atom. The number of unbranched alkanes of at least 4 members (excludes halogenated alkanes) is 22. The number of aliphatic hydroxyl groups excluding tert-OH is 2. The summed E-state index contributed by atoms with van der Waals surface area (Å²) in [5, 5.41) is 19.6. The van der Waals surface area contributed by atoms with Crippen LogP contribution < -0.4 is 0 Å². The largest absolute Gasteiger partial charge is 0.449 e. The third-order valence-corrected chi connectivity index (χ3v) is 7.74. The molecule has 0 saturated carbocycles. The summed E-state index contributed by atoms with van der Waals surface area (Å²) in [6.45, 7) is 5.87. The maximum absolute atomic E-state index is 12.4. The Labute approximate surface area is 249 Å². The van der Waals surface area contributed by atoms with E-state index in [0.717, 1.165) is 25.7 Å². The second kappa shape index (κ2) is 32.7.